The van der Waals surface area contributed by atoms with Crippen molar-refractivity contribution >= 4 is 81.7 Å². The topological polar surface area (TPSA) is 19.6 Å². The second-order valence-corrected chi connectivity index (χ2v) is 34.9. The van der Waals surface area contributed by atoms with Crippen molar-refractivity contribution in [1.82, 2.24) is 0 Å². The molecule has 0 unspecified atom stereocenters. The van der Waals surface area contributed by atoms with Crippen LogP contribution in [-0.2, 0) is 37.9 Å². The van der Waals surface area contributed by atoms with Crippen molar-refractivity contribution in [1.29, 1.82) is 0 Å². The van der Waals surface area contributed by atoms with Gasteiger partial charge in [0.15, 0.2) is 0 Å². The van der Waals surface area contributed by atoms with Crippen LogP contribution in [0.4, 0.5) is 34.3 Å². The average Bonchev–Trinajstić information content (AvgIpc) is 3.70. The third kappa shape index (κ3) is 7.38. The Bertz CT molecular complexity index is 3510. The van der Waals surface area contributed by atoms with Crippen molar-refractivity contribution in [3.05, 3.63) is 142 Å². The van der Waals surface area contributed by atoms with E-state index in [1.165, 1.54) is 125 Å². The number of rotatable bonds is 4. The lowest BCUT2D eigenvalue weighted by Crippen LogP contribution is -2.61. The van der Waals surface area contributed by atoms with Crippen LogP contribution in [0.2, 0.25) is 19.6 Å². The molecule has 7 aromatic rings. The van der Waals surface area contributed by atoms with Gasteiger partial charge in [-0.15, -0.1) is 0 Å². The molecule has 0 radical (unpaired) electrons. The van der Waals surface area contributed by atoms with Crippen molar-refractivity contribution in [3.63, 3.8) is 0 Å². The Hall–Kier alpha value is -5.26. The summed E-state index contributed by atoms with van der Waals surface area (Å²) >= 11 is 0. The Morgan fingerprint density at radius 3 is 1.47 bits per heavy atom. The number of hydrogen-bond acceptors (Lipinski definition) is 3. The first kappa shape index (κ1) is 49.6. The van der Waals surface area contributed by atoms with Crippen LogP contribution in [0, 0.1) is 0 Å². The fourth-order valence-electron chi connectivity index (χ4n) is 14.5. The molecule has 5 heteroatoms. The van der Waals surface area contributed by atoms with E-state index in [-0.39, 0.29) is 44.6 Å². The minimum absolute atomic E-state index is 0.0267. The third-order valence-electron chi connectivity index (χ3n) is 19.8. The molecule has 0 atom stereocenters. The molecule has 3 aliphatic carbocycles. The summed E-state index contributed by atoms with van der Waals surface area (Å²) in [6.45, 7) is 44.1. The van der Waals surface area contributed by atoms with Crippen LogP contribution in [0.5, 0.6) is 0 Å². The average molecular weight is 995 g/mol. The zero-order chi connectivity index (χ0) is 52.8. The van der Waals surface area contributed by atoms with Gasteiger partial charge >= 0.3 is 0 Å². The Morgan fingerprint density at radius 2 is 0.946 bits per heavy atom. The maximum Gasteiger partial charge on any atom is 0.257 e. The summed E-state index contributed by atoms with van der Waals surface area (Å²) < 4.78 is 7.73. The quantitative estimate of drug-likeness (QED) is 0.164. The van der Waals surface area contributed by atoms with E-state index in [4.69, 9.17) is 4.42 Å². The highest BCUT2D eigenvalue weighted by Gasteiger charge is 2.49. The molecule has 0 N–H and O–H groups in total. The molecular weight excluding hydrogens is 912 g/mol. The lowest BCUT2D eigenvalue weighted by Gasteiger charge is -2.45. The molecule has 0 bridgehead atoms. The van der Waals surface area contributed by atoms with Gasteiger partial charge in [-0.05, 0) is 192 Å². The molecule has 0 spiro atoms. The minimum Gasteiger partial charge on any atom is -0.440 e. The fraction of sp³-hybridized carbons (Fsp3) is 0.449. The SMILES string of the molecule is CC(C)(C)c1ccc2c(c1)N(c1ccc3c(c1)C(C)(C)CCC3(C)C)c1cc(-c3ccccc3[Si](C)(C)C)cc3c1B2c1c(oc2cc4c(cc12)C(C)(C)CCC4(C)C)N3c1ccc2c(c1)C(C)(C)CCC2(C)C. The minimum atomic E-state index is -1.83. The number of furan rings is 1. The van der Waals surface area contributed by atoms with Gasteiger partial charge in [-0.3, -0.25) is 4.90 Å². The number of anilines is 6. The molecule has 5 aliphatic rings. The summed E-state index contributed by atoms with van der Waals surface area (Å²) in [5, 5.41) is 2.74. The molecule has 74 heavy (non-hydrogen) atoms. The fourth-order valence-corrected chi connectivity index (χ4v) is 16.2. The van der Waals surface area contributed by atoms with E-state index in [1.54, 1.807) is 0 Å². The zero-order valence-electron chi connectivity index (χ0n) is 48.4. The summed E-state index contributed by atoms with van der Waals surface area (Å²) in [7, 11) is -1.83. The van der Waals surface area contributed by atoms with E-state index in [9.17, 15) is 0 Å². The van der Waals surface area contributed by atoms with E-state index in [0.717, 1.165) is 30.7 Å². The smallest absolute Gasteiger partial charge is 0.257 e. The highest BCUT2D eigenvalue weighted by molar-refractivity contribution is 7.01. The van der Waals surface area contributed by atoms with Crippen LogP contribution in [0.25, 0.3) is 22.1 Å². The Morgan fingerprint density at radius 1 is 0.473 bits per heavy atom. The second-order valence-electron chi connectivity index (χ2n) is 29.8. The molecule has 1 aromatic heterocycles. The van der Waals surface area contributed by atoms with Gasteiger partial charge < -0.3 is 9.32 Å². The first-order chi connectivity index (χ1) is 34.4. The van der Waals surface area contributed by atoms with Gasteiger partial charge in [-0.25, -0.2) is 0 Å². The van der Waals surface area contributed by atoms with Gasteiger partial charge in [0, 0.05) is 39.3 Å². The van der Waals surface area contributed by atoms with Crippen molar-refractivity contribution in [3.8, 4) is 11.1 Å². The number of benzene rings is 6. The summed E-state index contributed by atoms with van der Waals surface area (Å²) in [4.78, 5) is 5.29. The van der Waals surface area contributed by atoms with Gasteiger partial charge in [0.25, 0.3) is 6.71 Å². The second kappa shape index (κ2) is 15.7. The highest BCUT2D eigenvalue weighted by Crippen LogP contribution is 2.55. The van der Waals surface area contributed by atoms with Crippen molar-refractivity contribution in [2.45, 2.75) is 200 Å². The van der Waals surface area contributed by atoms with Crippen LogP contribution >= 0.6 is 0 Å². The molecule has 0 fully saturated rings. The Labute approximate surface area is 446 Å². The predicted molar refractivity (Wildman–Crippen MR) is 323 cm³/mol. The maximum absolute atomic E-state index is 7.73. The van der Waals surface area contributed by atoms with E-state index in [1.807, 2.05) is 0 Å². The summed E-state index contributed by atoms with van der Waals surface area (Å²) in [5.74, 6) is 0.960. The molecule has 3 heterocycles. The molecule has 0 saturated carbocycles. The first-order valence-electron chi connectivity index (χ1n) is 28.3. The largest absolute Gasteiger partial charge is 0.440 e. The molecule has 12 rings (SSSR count). The summed E-state index contributed by atoms with van der Waals surface area (Å²) in [5.41, 5.74) is 24.2. The van der Waals surface area contributed by atoms with Crippen molar-refractivity contribution in [2.24, 2.45) is 0 Å². The van der Waals surface area contributed by atoms with E-state index < -0.39 is 8.07 Å². The standard InChI is InChI=1S/C69H83BN2OSi/c1-63(2,3)43-23-28-54-55(37-43)71(44-24-26-48-50(38-44)66(8,9)31-29-64(48,4)5)56-35-42(46-21-19-20-22-59(46)74(16,17)18)36-57-61(56)70(54)60-47-40-52-53(69(14,15)34-33-68(52,12)13)41-58(47)73-62(60)72(57)45-25-27-49-51(39-45)67(10,11)32-30-65(49,6)7/h19-28,35-41H,29-34H2,1-18H3. The van der Waals surface area contributed by atoms with Crippen LogP contribution in [-0.4, -0.2) is 14.8 Å². The van der Waals surface area contributed by atoms with Gasteiger partial charge in [0.05, 0.1) is 8.07 Å². The number of hydrogen-bond donors (Lipinski definition) is 0. The molecule has 0 saturated heterocycles. The van der Waals surface area contributed by atoms with Crippen LogP contribution in [0.1, 0.15) is 181 Å². The van der Waals surface area contributed by atoms with E-state index >= 15 is 0 Å². The monoisotopic (exact) mass is 995 g/mol. The first-order valence-corrected chi connectivity index (χ1v) is 31.8. The summed E-state index contributed by atoms with van der Waals surface area (Å²) in [6.07, 6.45) is 7.00. The Balaban J connectivity index is 1.25. The maximum atomic E-state index is 7.73. The molecule has 0 amide bonds. The zero-order valence-corrected chi connectivity index (χ0v) is 49.4. The lowest BCUT2D eigenvalue weighted by atomic mass is 9.33. The van der Waals surface area contributed by atoms with Gasteiger partial charge in [-0.1, -0.05) is 177 Å². The summed E-state index contributed by atoms with van der Waals surface area (Å²) in [6, 6.07) is 42.1. The molecule has 2 aliphatic heterocycles. The molecule has 6 aromatic carbocycles. The lowest BCUT2D eigenvalue weighted by molar-refractivity contribution is 0.332. The van der Waals surface area contributed by atoms with E-state index in [0.29, 0.717) is 0 Å². The van der Waals surface area contributed by atoms with Crippen LogP contribution in [0.3, 0.4) is 0 Å². The Kier molecular flexibility index (Phi) is 10.5. The van der Waals surface area contributed by atoms with Crippen LogP contribution < -0.4 is 31.4 Å². The predicted octanol–water partition coefficient (Wildman–Crippen LogP) is 17.1. The number of fused-ring (bicyclic) bond motifs is 9. The molecular formula is C69H83BN2OSi. The third-order valence-corrected chi connectivity index (χ3v) is 21.8. The number of nitrogens with zero attached hydrogens (tertiary/aromatic N) is 2. The van der Waals surface area contributed by atoms with Crippen molar-refractivity contribution < 1.29 is 4.42 Å². The van der Waals surface area contributed by atoms with Crippen LogP contribution in [0.15, 0.2) is 108 Å². The van der Waals surface area contributed by atoms with Gasteiger partial charge in [-0.2, -0.15) is 0 Å². The van der Waals surface area contributed by atoms with Gasteiger partial charge in [0.2, 0.25) is 5.88 Å². The van der Waals surface area contributed by atoms with Gasteiger partial charge in [0.1, 0.15) is 5.58 Å². The highest BCUT2D eigenvalue weighted by atomic mass is 28.3. The molecule has 382 valence electrons. The van der Waals surface area contributed by atoms with E-state index in [2.05, 4.69) is 236 Å². The normalized spacial score (nSPS) is 20.3. The van der Waals surface area contributed by atoms with Crippen molar-refractivity contribution in [2.75, 3.05) is 9.80 Å². The molecule has 3 nitrogen and oxygen atoms in total.